The molecule has 9 nitrogen and oxygen atoms in total. The summed E-state index contributed by atoms with van der Waals surface area (Å²) < 4.78 is 5.13. The predicted octanol–water partition coefficient (Wildman–Crippen LogP) is 2.27. The van der Waals surface area contributed by atoms with Gasteiger partial charge in [0.05, 0.1) is 6.20 Å². The summed E-state index contributed by atoms with van der Waals surface area (Å²) in [6.07, 6.45) is 10.7. The highest BCUT2D eigenvalue weighted by molar-refractivity contribution is 5.96. The molecule has 4 rings (SSSR count). The number of oxazole rings is 1. The highest BCUT2D eigenvalue weighted by Crippen LogP contribution is 2.55. The van der Waals surface area contributed by atoms with E-state index < -0.39 is 17.7 Å². The molecule has 1 aromatic heterocycles. The van der Waals surface area contributed by atoms with E-state index in [0.29, 0.717) is 25.3 Å². The predicted molar refractivity (Wildman–Crippen MR) is 107 cm³/mol. The Bertz CT molecular complexity index is 755. The molecule has 0 aromatic carbocycles. The number of anilines is 1. The van der Waals surface area contributed by atoms with Crippen molar-refractivity contribution >= 4 is 17.8 Å². The molecule has 2 unspecified atom stereocenters. The van der Waals surface area contributed by atoms with Crippen molar-refractivity contribution in [2.75, 3.05) is 11.9 Å². The van der Waals surface area contributed by atoms with E-state index in [1.54, 1.807) is 4.90 Å². The number of carbonyl (C=O) groups excluding carboxylic acids is 2. The van der Waals surface area contributed by atoms with Crippen molar-refractivity contribution in [3.8, 4) is 0 Å². The van der Waals surface area contributed by atoms with Crippen molar-refractivity contribution in [3.05, 3.63) is 12.5 Å². The van der Waals surface area contributed by atoms with Gasteiger partial charge in [-0.3, -0.25) is 14.9 Å². The molecule has 0 bridgehead atoms. The number of hydrogen-bond donors (Lipinski definition) is 4. The van der Waals surface area contributed by atoms with Gasteiger partial charge in [-0.05, 0) is 43.9 Å². The maximum Gasteiger partial charge on any atom is 0.301 e. The molecular weight excluding hydrogens is 388 g/mol. The Labute approximate surface area is 176 Å². The molecule has 3 atom stereocenters. The van der Waals surface area contributed by atoms with E-state index in [2.05, 4.69) is 10.3 Å². The van der Waals surface area contributed by atoms with Crippen molar-refractivity contribution in [3.63, 3.8) is 0 Å². The lowest BCUT2D eigenvalue weighted by atomic mass is 9.86. The molecule has 30 heavy (non-hydrogen) atoms. The molecule has 1 aromatic rings. The third-order valence-corrected chi connectivity index (χ3v) is 7.04. The normalized spacial score (nSPS) is 26.0. The van der Waals surface area contributed by atoms with Crippen LogP contribution in [0.2, 0.25) is 0 Å². The maximum atomic E-state index is 13.6. The Hall–Kier alpha value is -1.97. The van der Waals surface area contributed by atoms with Gasteiger partial charge < -0.3 is 19.6 Å². The van der Waals surface area contributed by atoms with Crippen LogP contribution >= 0.6 is 0 Å². The van der Waals surface area contributed by atoms with E-state index in [-0.39, 0.29) is 29.7 Å². The number of aromatic nitrogens is 1. The fraction of sp³-hybridized carbons (Fsp3) is 0.762. The quantitative estimate of drug-likeness (QED) is 0.375. The van der Waals surface area contributed by atoms with Gasteiger partial charge in [-0.15, -0.1) is 0 Å². The summed E-state index contributed by atoms with van der Waals surface area (Å²) in [5.41, 5.74) is 0.387. The number of likely N-dealkylation sites (tertiary alicyclic amines) is 1. The summed E-state index contributed by atoms with van der Waals surface area (Å²) in [4.78, 5) is 32.2. The molecular formula is C21H32N4O5. The van der Waals surface area contributed by atoms with Crippen LogP contribution in [0.5, 0.6) is 0 Å². The standard InChI is InChI=1S/C21H32N4O5/c1-20(28,24-29)11-15(10-14-4-2-3-5-14)18(27)25-13-21(6-7-21)12-16(25)17(26)23-19-22-8-9-30-19/h8-9,14-16,24,28-29H,2-7,10-13H2,1H3,(H,22,23,26)/t15?,16-,20?/m0/s1. The number of amides is 2. The minimum atomic E-state index is -1.56. The first-order valence-corrected chi connectivity index (χ1v) is 11.0. The lowest BCUT2D eigenvalue weighted by Crippen LogP contribution is -2.49. The summed E-state index contributed by atoms with van der Waals surface area (Å²) in [5.74, 6) is -0.436. The van der Waals surface area contributed by atoms with Crippen LogP contribution < -0.4 is 10.8 Å². The average molecular weight is 421 g/mol. The van der Waals surface area contributed by atoms with Crippen LogP contribution in [0.4, 0.5) is 6.01 Å². The fourth-order valence-corrected chi connectivity index (χ4v) is 5.21. The van der Waals surface area contributed by atoms with Crippen LogP contribution in [0.15, 0.2) is 16.9 Å². The van der Waals surface area contributed by atoms with E-state index in [9.17, 15) is 19.9 Å². The van der Waals surface area contributed by atoms with Gasteiger partial charge in [-0.1, -0.05) is 25.7 Å². The number of hydroxylamine groups is 1. The molecule has 2 amide bonds. The first kappa shape index (κ1) is 21.3. The Morgan fingerprint density at radius 3 is 2.73 bits per heavy atom. The molecule has 3 aliphatic rings. The molecule has 2 aliphatic carbocycles. The first-order chi connectivity index (χ1) is 14.3. The largest absolute Gasteiger partial charge is 0.432 e. The second kappa shape index (κ2) is 8.28. The smallest absolute Gasteiger partial charge is 0.301 e. The van der Waals surface area contributed by atoms with Gasteiger partial charge >= 0.3 is 6.01 Å². The van der Waals surface area contributed by atoms with Crippen LogP contribution in [0.25, 0.3) is 0 Å². The zero-order chi connectivity index (χ0) is 21.4. The van der Waals surface area contributed by atoms with Gasteiger partial charge in [0.1, 0.15) is 18.0 Å². The molecule has 1 spiro atoms. The number of aliphatic hydroxyl groups is 1. The summed E-state index contributed by atoms with van der Waals surface area (Å²) in [7, 11) is 0. The molecule has 3 fully saturated rings. The maximum absolute atomic E-state index is 13.6. The van der Waals surface area contributed by atoms with Crippen LogP contribution in [-0.2, 0) is 9.59 Å². The number of nitrogens with zero attached hydrogens (tertiary/aromatic N) is 2. The number of rotatable bonds is 8. The van der Waals surface area contributed by atoms with Gasteiger partial charge in [-0.2, -0.15) is 5.48 Å². The fourth-order valence-electron chi connectivity index (χ4n) is 5.21. The van der Waals surface area contributed by atoms with Gasteiger partial charge in [0.2, 0.25) is 5.91 Å². The van der Waals surface area contributed by atoms with Crippen molar-refractivity contribution < 1.29 is 24.3 Å². The molecule has 2 heterocycles. The van der Waals surface area contributed by atoms with E-state index in [4.69, 9.17) is 4.42 Å². The van der Waals surface area contributed by atoms with Crippen molar-refractivity contribution in [2.24, 2.45) is 17.3 Å². The lowest BCUT2D eigenvalue weighted by molar-refractivity contribution is -0.146. The van der Waals surface area contributed by atoms with E-state index >= 15 is 0 Å². The highest BCUT2D eigenvalue weighted by atomic mass is 16.5. The van der Waals surface area contributed by atoms with E-state index in [1.165, 1.54) is 19.4 Å². The third kappa shape index (κ3) is 4.68. The van der Waals surface area contributed by atoms with Crippen molar-refractivity contribution in [1.29, 1.82) is 0 Å². The van der Waals surface area contributed by atoms with E-state index in [1.807, 2.05) is 5.48 Å². The highest BCUT2D eigenvalue weighted by Gasteiger charge is 2.56. The Balaban J connectivity index is 1.51. The third-order valence-electron chi connectivity index (χ3n) is 7.04. The Morgan fingerprint density at radius 1 is 1.40 bits per heavy atom. The molecule has 4 N–H and O–H groups in total. The number of nitrogens with one attached hydrogen (secondary N) is 2. The van der Waals surface area contributed by atoms with Gasteiger partial charge in [0, 0.05) is 18.9 Å². The SMILES string of the molecule is CC(O)(CC(CC1CCCC1)C(=O)N1CC2(CC2)C[C@H]1C(=O)Nc1ncco1)NO. The second-order valence-corrected chi connectivity index (χ2v) is 9.69. The average Bonchev–Trinajstić information content (AvgIpc) is 3.13. The van der Waals surface area contributed by atoms with Gasteiger partial charge in [0.15, 0.2) is 0 Å². The summed E-state index contributed by atoms with van der Waals surface area (Å²) in [5, 5.41) is 22.4. The van der Waals surface area contributed by atoms with Crippen LogP contribution in [0.1, 0.15) is 64.7 Å². The molecule has 1 aliphatic heterocycles. The Kier molecular flexibility index (Phi) is 5.87. The monoisotopic (exact) mass is 420 g/mol. The van der Waals surface area contributed by atoms with Crippen LogP contribution in [0.3, 0.4) is 0 Å². The second-order valence-electron chi connectivity index (χ2n) is 9.69. The molecule has 0 radical (unpaired) electrons. The topological polar surface area (TPSA) is 128 Å². The summed E-state index contributed by atoms with van der Waals surface area (Å²) >= 11 is 0. The molecule has 1 saturated heterocycles. The Morgan fingerprint density at radius 2 is 2.13 bits per heavy atom. The van der Waals surface area contributed by atoms with E-state index in [0.717, 1.165) is 38.5 Å². The molecule has 2 saturated carbocycles. The molecule has 9 heteroatoms. The minimum Gasteiger partial charge on any atom is -0.432 e. The van der Waals surface area contributed by atoms with Crippen LogP contribution in [-0.4, -0.2) is 50.3 Å². The van der Waals surface area contributed by atoms with Crippen molar-refractivity contribution in [1.82, 2.24) is 15.4 Å². The summed E-state index contributed by atoms with van der Waals surface area (Å²) in [6.45, 7) is 2.02. The number of hydrogen-bond acceptors (Lipinski definition) is 7. The zero-order valence-corrected chi connectivity index (χ0v) is 17.5. The van der Waals surface area contributed by atoms with Gasteiger partial charge in [0.25, 0.3) is 5.91 Å². The van der Waals surface area contributed by atoms with Crippen molar-refractivity contribution in [2.45, 2.75) is 76.5 Å². The minimum absolute atomic E-state index is 0.0317. The zero-order valence-electron chi connectivity index (χ0n) is 17.5. The number of carbonyl (C=O) groups is 2. The summed E-state index contributed by atoms with van der Waals surface area (Å²) in [6, 6.07) is -0.455. The molecule has 166 valence electrons. The first-order valence-electron chi connectivity index (χ1n) is 11.0. The van der Waals surface area contributed by atoms with Gasteiger partial charge in [-0.25, -0.2) is 4.98 Å². The van der Waals surface area contributed by atoms with Crippen LogP contribution in [0, 0.1) is 17.3 Å². The lowest BCUT2D eigenvalue weighted by Gasteiger charge is -2.33.